The van der Waals surface area contributed by atoms with Crippen molar-refractivity contribution in [3.63, 3.8) is 0 Å². The van der Waals surface area contributed by atoms with Crippen molar-refractivity contribution in [2.45, 2.75) is 13.0 Å². The molecule has 0 radical (unpaired) electrons. The van der Waals surface area contributed by atoms with Crippen LogP contribution in [0, 0.1) is 0 Å². The van der Waals surface area contributed by atoms with Crippen LogP contribution in [0.2, 0.25) is 0 Å². The van der Waals surface area contributed by atoms with Gasteiger partial charge in [0.2, 0.25) is 0 Å². The van der Waals surface area contributed by atoms with E-state index in [2.05, 4.69) is 10.1 Å². The fraction of sp³-hybridized carbons (Fsp3) is 0.250. The number of nitrogens with two attached hydrogens (primary N) is 1. The van der Waals surface area contributed by atoms with E-state index in [1.54, 1.807) is 11.3 Å². The maximum Gasteiger partial charge on any atom is 0.258 e. The van der Waals surface area contributed by atoms with Crippen LogP contribution in [0.15, 0.2) is 21.3 Å². The van der Waals surface area contributed by atoms with E-state index in [1.165, 1.54) is 0 Å². The molecule has 5 heteroatoms. The second kappa shape index (κ2) is 3.27. The number of thiophene rings is 1. The molecular weight excluding hydrogens is 186 g/mol. The lowest BCUT2D eigenvalue weighted by molar-refractivity contribution is 0.418. The molecule has 0 saturated heterocycles. The Balaban J connectivity index is 2.33. The maximum atomic E-state index is 5.60. The maximum absolute atomic E-state index is 5.60. The molecule has 0 amide bonds. The number of nitrogens with zero attached hydrogens (tertiary/aromatic N) is 2. The van der Waals surface area contributed by atoms with Crippen molar-refractivity contribution >= 4 is 11.3 Å². The zero-order chi connectivity index (χ0) is 9.26. The minimum absolute atomic E-state index is 0.184. The van der Waals surface area contributed by atoms with Crippen molar-refractivity contribution in [3.8, 4) is 11.5 Å². The normalized spacial score (nSPS) is 13.1. The van der Waals surface area contributed by atoms with Crippen LogP contribution in [-0.2, 0) is 0 Å². The molecule has 0 aliphatic rings. The first-order valence-electron chi connectivity index (χ1n) is 3.89. The van der Waals surface area contributed by atoms with E-state index < -0.39 is 0 Å². The summed E-state index contributed by atoms with van der Waals surface area (Å²) in [5.41, 5.74) is 6.55. The fourth-order valence-corrected chi connectivity index (χ4v) is 1.55. The molecule has 2 aromatic heterocycles. The number of aromatic nitrogens is 2. The molecule has 1 unspecified atom stereocenters. The molecule has 0 saturated carbocycles. The van der Waals surface area contributed by atoms with E-state index in [-0.39, 0.29) is 6.04 Å². The SMILES string of the molecule is CC(N)c1noc(-c2ccsc2)n1. The molecule has 0 aromatic carbocycles. The molecule has 0 aliphatic carbocycles. The Morgan fingerprint density at radius 3 is 3.00 bits per heavy atom. The molecule has 13 heavy (non-hydrogen) atoms. The molecule has 4 nitrogen and oxygen atoms in total. The lowest BCUT2D eigenvalue weighted by atomic mass is 10.3. The Bertz CT molecular complexity index is 380. The molecule has 2 N–H and O–H groups in total. The Kier molecular flexibility index (Phi) is 2.12. The van der Waals surface area contributed by atoms with E-state index in [0.717, 1.165) is 5.56 Å². The van der Waals surface area contributed by atoms with Gasteiger partial charge in [-0.15, -0.1) is 0 Å². The summed E-state index contributed by atoms with van der Waals surface area (Å²) in [4.78, 5) is 4.16. The molecule has 2 heterocycles. The first kappa shape index (κ1) is 8.40. The fourth-order valence-electron chi connectivity index (χ4n) is 0.923. The highest BCUT2D eigenvalue weighted by Gasteiger charge is 2.11. The topological polar surface area (TPSA) is 64.9 Å². The molecule has 0 aliphatic heterocycles. The Hall–Kier alpha value is -1.20. The monoisotopic (exact) mass is 195 g/mol. The van der Waals surface area contributed by atoms with E-state index in [0.29, 0.717) is 11.7 Å². The first-order chi connectivity index (χ1) is 6.27. The van der Waals surface area contributed by atoms with Crippen LogP contribution in [0.5, 0.6) is 0 Å². The van der Waals surface area contributed by atoms with Gasteiger partial charge in [0.15, 0.2) is 5.82 Å². The van der Waals surface area contributed by atoms with Crippen molar-refractivity contribution in [2.75, 3.05) is 0 Å². The minimum Gasteiger partial charge on any atom is -0.334 e. The predicted molar refractivity (Wildman–Crippen MR) is 50.2 cm³/mol. The summed E-state index contributed by atoms with van der Waals surface area (Å²) in [6, 6.07) is 1.75. The van der Waals surface area contributed by atoms with Crippen molar-refractivity contribution < 1.29 is 4.52 Å². The minimum atomic E-state index is -0.184. The van der Waals surface area contributed by atoms with Crippen molar-refractivity contribution in [2.24, 2.45) is 5.73 Å². The van der Waals surface area contributed by atoms with Gasteiger partial charge in [-0.2, -0.15) is 16.3 Å². The number of hydrogen-bond acceptors (Lipinski definition) is 5. The van der Waals surface area contributed by atoms with Gasteiger partial charge in [-0.05, 0) is 18.4 Å². The molecule has 68 valence electrons. The van der Waals surface area contributed by atoms with Gasteiger partial charge in [0.05, 0.1) is 11.6 Å². The lowest BCUT2D eigenvalue weighted by Crippen LogP contribution is -2.06. The van der Waals surface area contributed by atoms with Crippen LogP contribution in [-0.4, -0.2) is 10.1 Å². The van der Waals surface area contributed by atoms with Gasteiger partial charge < -0.3 is 10.3 Å². The van der Waals surface area contributed by atoms with Gasteiger partial charge in [-0.1, -0.05) is 5.16 Å². The molecule has 2 rings (SSSR count). The Morgan fingerprint density at radius 1 is 1.62 bits per heavy atom. The van der Waals surface area contributed by atoms with E-state index in [9.17, 15) is 0 Å². The molecule has 0 fully saturated rings. The summed E-state index contributed by atoms with van der Waals surface area (Å²) in [7, 11) is 0. The third-order valence-electron chi connectivity index (χ3n) is 1.62. The number of hydrogen-bond donors (Lipinski definition) is 1. The third kappa shape index (κ3) is 1.61. The second-order valence-electron chi connectivity index (χ2n) is 2.76. The second-order valence-corrected chi connectivity index (χ2v) is 3.54. The van der Waals surface area contributed by atoms with Crippen LogP contribution in [0.25, 0.3) is 11.5 Å². The van der Waals surface area contributed by atoms with Crippen LogP contribution >= 0.6 is 11.3 Å². The zero-order valence-corrected chi connectivity index (χ0v) is 7.91. The summed E-state index contributed by atoms with van der Waals surface area (Å²) in [5, 5.41) is 7.69. The van der Waals surface area contributed by atoms with E-state index in [4.69, 9.17) is 10.3 Å². The first-order valence-corrected chi connectivity index (χ1v) is 4.83. The van der Waals surface area contributed by atoms with Crippen molar-refractivity contribution in [3.05, 3.63) is 22.7 Å². The summed E-state index contributed by atoms with van der Waals surface area (Å²) in [6.45, 7) is 1.82. The highest BCUT2D eigenvalue weighted by molar-refractivity contribution is 7.08. The molecule has 1 atom stereocenters. The molecule has 0 bridgehead atoms. The van der Waals surface area contributed by atoms with Crippen LogP contribution < -0.4 is 5.73 Å². The van der Waals surface area contributed by atoms with Crippen molar-refractivity contribution in [1.29, 1.82) is 0 Å². The average molecular weight is 195 g/mol. The number of rotatable bonds is 2. The zero-order valence-electron chi connectivity index (χ0n) is 7.10. The molecular formula is C8H9N3OS. The Labute approximate surface area is 79.4 Å². The van der Waals surface area contributed by atoms with E-state index >= 15 is 0 Å². The Morgan fingerprint density at radius 2 is 2.46 bits per heavy atom. The van der Waals surface area contributed by atoms with Crippen molar-refractivity contribution in [1.82, 2.24) is 10.1 Å². The van der Waals surface area contributed by atoms with Gasteiger partial charge in [-0.3, -0.25) is 0 Å². The van der Waals surface area contributed by atoms with Crippen LogP contribution in [0.1, 0.15) is 18.8 Å². The lowest BCUT2D eigenvalue weighted by Gasteiger charge is -1.92. The van der Waals surface area contributed by atoms with Gasteiger partial charge in [0, 0.05) is 5.38 Å². The molecule has 2 aromatic rings. The highest BCUT2D eigenvalue weighted by atomic mass is 32.1. The van der Waals surface area contributed by atoms with Gasteiger partial charge in [-0.25, -0.2) is 0 Å². The molecule has 0 spiro atoms. The van der Waals surface area contributed by atoms with Crippen LogP contribution in [0.3, 0.4) is 0 Å². The summed E-state index contributed by atoms with van der Waals surface area (Å²) in [5.74, 6) is 1.08. The van der Waals surface area contributed by atoms with Crippen LogP contribution in [0.4, 0.5) is 0 Å². The third-order valence-corrected chi connectivity index (χ3v) is 2.30. The standard InChI is InChI=1S/C8H9N3OS/c1-5(9)7-10-8(12-11-7)6-2-3-13-4-6/h2-5H,9H2,1H3. The predicted octanol–water partition coefficient (Wildman–Crippen LogP) is 1.82. The summed E-state index contributed by atoms with van der Waals surface area (Å²) in [6.07, 6.45) is 0. The van der Waals surface area contributed by atoms with Gasteiger partial charge in [0.1, 0.15) is 0 Å². The summed E-state index contributed by atoms with van der Waals surface area (Å²) < 4.78 is 5.04. The van der Waals surface area contributed by atoms with Gasteiger partial charge in [0.25, 0.3) is 5.89 Å². The van der Waals surface area contributed by atoms with E-state index in [1.807, 2.05) is 23.8 Å². The highest BCUT2D eigenvalue weighted by Crippen LogP contribution is 2.20. The largest absolute Gasteiger partial charge is 0.334 e. The quantitative estimate of drug-likeness (QED) is 0.793. The average Bonchev–Trinajstić information content (AvgIpc) is 2.75. The van der Waals surface area contributed by atoms with Gasteiger partial charge >= 0.3 is 0 Å². The summed E-state index contributed by atoms with van der Waals surface area (Å²) >= 11 is 1.59. The smallest absolute Gasteiger partial charge is 0.258 e.